The number of imidazole rings is 1. The topological polar surface area (TPSA) is 29.3 Å². The van der Waals surface area contributed by atoms with Gasteiger partial charge in [-0.1, -0.05) is 13.8 Å². The van der Waals surface area contributed by atoms with Crippen LogP contribution in [0.1, 0.15) is 32.4 Å². The largest absolute Gasteiger partial charge is 0.311 e. The maximum absolute atomic E-state index is 4.58. The molecular formula is C13H19N3S. The highest BCUT2D eigenvalue weighted by Gasteiger charge is 2.44. The van der Waals surface area contributed by atoms with Crippen LogP contribution in [0.3, 0.4) is 0 Å². The van der Waals surface area contributed by atoms with Crippen LogP contribution < -0.4 is 5.32 Å². The highest BCUT2D eigenvalue weighted by molar-refractivity contribution is 7.15. The molecule has 92 valence electrons. The lowest BCUT2D eigenvalue weighted by atomic mass is 9.92. The number of nitrogens with one attached hydrogen (secondary N) is 1. The number of nitrogens with zero attached hydrogens (tertiary/aromatic N) is 2. The van der Waals surface area contributed by atoms with E-state index in [1.807, 2.05) is 0 Å². The maximum atomic E-state index is 4.58. The molecule has 1 N–H and O–H groups in total. The number of rotatable bonds is 5. The van der Waals surface area contributed by atoms with E-state index in [4.69, 9.17) is 0 Å². The van der Waals surface area contributed by atoms with Crippen LogP contribution in [-0.4, -0.2) is 15.9 Å². The van der Waals surface area contributed by atoms with E-state index in [0.29, 0.717) is 5.41 Å². The van der Waals surface area contributed by atoms with Crippen LogP contribution in [0.5, 0.6) is 0 Å². The third kappa shape index (κ3) is 2.11. The molecule has 1 aliphatic carbocycles. The van der Waals surface area contributed by atoms with Gasteiger partial charge in [0.05, 0.1) is 5.69 Å². The summed E-state index contributed by atoms with van der Waals surface area (Å²) >= 11 is 1.69. The molecule has 2 heterocycles. The van der Waals surface area contributed by atoms with Crippen LogP contribution in [0.2, 0.25) is 0 Å². The van der Waals surface area contributed by atoms with Crippen molar-refractivity contribution in [2.75, 3.05) is 6.54 Å². The first-order chi connectivity index (χ1) is 8.20. The molecule has 0 aromatic carbocycles. The van der Waals surface area contributed by atoms with Gasteiger partial charge in [-0.3, -0.25) is 4.40 Å². The molecule has 0 unspecified atom stereocenters. The van der Waals surface area contributed by atoms with Gasteiger partial charge >= 0.3 is 0 Å². The Morgan fingerprint density at radius 2 is 2.35 bits per heavy atom. The Morgan fingerprint density at radius 3 is 3.00 bits per heavy atom. The molecule has 0 aliphatic heterocycles. The molecule has 0 atom stereocenters. The predicted molar refractivity (Wildman–Crippen MR) is 71.3 cm³/mol. The SMILES string of the molecule is CC(C)C1(CNCc2cn3ccsc3n2)CC1. The van der Waals surface area contributed by atoms with Gasteiger partial charge in [-0.15, -0.1) is 11.3 Å². The first-order valence-electron chi connectivity index (χ1n) is 6.31. The Labute approximate surface area is 106 Å². The third-order valence-corrected chi connectivity index (χ3v) is 4.81. The molecule has 0 bridgehead atoms. The Morgan fingerprint density at radius 1 is 1.53 bits per heavy atom. The lowest BCUT2D eigenvalue weighted by Gasteiger charge is -2.19. The van der Waals surface area contributed by atoms with Gasteiger partial charge in [0.25, 0.3) is 0 Å². The standard InChI is InChI=1S/C13H19N3S/c1-10(2)13(3-4-13)9-14-7-11-8-16-5-6-17-12(16)15-11/h5-6,8,10,14H,3-4,7,9H2,1-2H3. The fraction of sp³-hybridized carbons (Fsp3) is 0.615. The van der Waals surface area contributed by atoms with Crippen molar-refractivity contribution in [2.24, 2.45) is 11.3 Å². The summed E-state index contributed by atoms with van der Waals surface area (Å²) < 4.78 is 2.09. The Bertz CT molecular complexity index is 479. The average molecular weight is 249 g/mol. The van der Waals surface area contributed by atoms with Crippen LogP contribution in [0.15, 0.2) is 17.8 Å². The summed E-state index contributed by atoms with van der Waals surface area (Å²) in [6.07, 6.45) is 6.95. The molecular weight excluding hydrogens is 230 g/mol. The first kappa shape index (κ1) is 11.2. The van der Waals surface area contributed by atoms with Crippen molar-refractivity contribution in [2.45, 2.75) is 33.2 Å². The van der Waals surface area contributed by atoms with Gasteiger partial charge in [0, 0.05) is 30.9 Å². The van der Waals surface area contributed by atoms with Crippen LogP contribution in [0.4, 0.5) is 0 Å². The second kappa shape index (κ2) is 4.10. The zero-order valence-electron chi connectivity index (χ0n) is 10.4. The zero-order valence-corrected chi connectivity index (χ0v) is 11.3. The van der Waals surface area contributed by atoms with E-state index in [-0.39, 0.29) is 0 Å². The monoisotopic (exact) mass is 249 g/mol. The zero-order chi connectivity index (χ0) is 11.9. The minimum absolute atomic E-state index is 0.580. The summed E-state index contributed by atoms with van der Waals surface area (Å²) in [5.74, 6) is 0.792. The highest BCUT2D eigenvalue weighted by atomic mass is 32.1. The van der Waals surface area contributed by atoms with Gasteiger partial charge in [-0.2, -0.15) is 0 Å². The van der Waals surface area contributed by atoms with Crippen LogP contribution in [-0.2, 0) is 6.54 Å². The minimum Gasteiger partial charge on any atom is -0.311 e. The summed E-state index contributed by atoms with van der Waals surface area (Å²) in [6, 6.07) is 0. The van der Waals surface area contributed by atoms with Crippen molar-refractivity contribution < 1.29 is 0 Å². The lowest BCUT2D eigenvalue weighted by Crippen LogP contribution is -2.27. The minimum atomic E-state index is 0.580. The van der Waals surface area contributed by atoms with Gasteiger partial charge in [0.15, 0.2) is 4.96 Å². The van der Waals surface area contributed by atoms with Gasteiger partial charge < -0.3 is 5.32 Å². The van der Waals surface area contributed by atoms with Crippen molar-refractivity contribution in [3.63, 3.8) is 0 Å². The average Bonchev–Trinajstić information content (AvgIpc) is 2.78. The Balaban J connectivity index is 1.56. The van der Waals surface area contributed by atoms with E-state index in [1.54, 1.807) is 11.3 Å². The second-order valence-electron chi connectivity index (χ2n) is 5.45. The van der Waals surface area contributed by atoms with Crippen LogP contribution in [0, 0.1) is 11.3 Å². The number of fused-ring (bicyclic) bond motifs is 1. The molecule has 2 aromatic rings. The summed E-state index contributed by atoms with van der Waals surface area (Å²) in [5, 5.41) is 5.63. The number of thiazole rings is 1. The van der Waals surface area contributed by atoms with Crippen molar-refractivity contribution in [1.82, 2.24) is 14.7 Å². The first-order valence-corrected chi connectivity index (χ1v) is 7.19. The third-order valence-electron chi connectivity index (χ3n) is 4.04. The van der Waals surface area contributed by atoms with Crippen LogP contribution >= 0.6 is 11.3 Å². The lowest BCUT2D eigenvalue weighted by molar-refractivity contribution is 0.337. The van der Waals surface area contributed by atoms with Crippen molar-refractivity contribution in [3.8, 4) is 0 Å². The molecule has 2 aromatic heterocycles. The Hall–Kier alpha value is -0.870. The summed E-state index contributed by atoms with van der Waals surface area (Å²) in [7, 11) is 0. The second-order valence-corrected chi connectivity index (χ2v) is 6.32. The molecule has 17 heavy (non-hydrogen) atoms. The molecule has 0 spiro atoms. The molecule has 1 aliphatic rings. The quantitative estimate of drug-likeness (QED) is 0.883. The van der Waals surface area contributed by atoms with Gasteiger partial charge in [-0.05, 0) is 24.2 Å². The number of aromatic nitrogens is 2. The molecule has 3 rings (SSSR count). The summed E-state index contributed by atoms with van der Waals surface area (Å²) in [6.45, 7) is 6.70. The normalized spacial score (nSPS) is 18.1. The summed E-state index contributed by atoms with van der Waals surface area (Å²) in [4.78, 5) is 5.67. The van der Waals surface area contributed by atoms with Crippen molar-refractivity contribution in [3.05, 3.63) is 23.5 Å². The van der Waals surface area contributed by atoms with Gasteiger partial charge in [-0.25, -0.2) is 4.98 Å². The number of hydrogen-bond donors (Lipinski definition) is 1. The highest BCUT2D eigenvalue weighted by Crippen LogP contribution is 2.51. The van der Waals surface area contributed by atoms with Crippen molar-refractivity contribution in [1.29, 1.82) is 0 Å². The molecule has 0 saturated heterocycles. The Kier molecular flexibility index (Phi) is 2.71. The van der Waals surface area contributed by atoms with E-state index in [0.717, 1.165) is 29.7 Å². The van der Waals surface area contributed by atoms with E-state index >= 15 is 0 Å². The molecule has 0 radical (unpaired) electrons. The predicted octanol–water partition coefficient (Wildman–Crippen LogP) is 2.92. The number of hydrogen-bond acceptors (Lipinski definition) is 3. The molecule has 1 fully saturated rings. The molecule has 3 nitrogen and oxygen atoms in total. The fourth-order valence-corrected chi connectivity index (χ4v) is 3.14. The van der Waals surface area contributed by atoms with Crippen molar-refractivity contribution >= 4 is 16.3 Å². The van der Waals surface area contributed by atoms with Gasteiger partial charge in [0.2, 0.25) is 0 Å². The molecule has 4 heteroatoms. The molecule has 1 saturated carbocycles. The van der Waals surface area contributed by atoms with E-state index in [2.05, 4.69) is 46.3 Å². The van der Waals surface area contributed by atoms with E-state index in [9.17, 15) is 0 Å². The van der Waals surface area contributed by atoms with Gasteiger partial charge in [0.1, 0.15) is 0 Å². The summed E-state index contributed by atoms with van der Waals surface area (Å²) in [5.41, 5.74) is 1.73. The van der Waals surface area contributed by atoms with E-state index < -0.39 is 0 Å². The fourth-order valence-electron chi connectivity index (χ4n) is 2.42. The van der Waals surface area contributed by atoms with E-state index in [1.165, 1.54) is 12.8 Å². The molecule has 0 amide bonds. The maximum Gasteiger partial charge on any atom is 0.193 e. The smallest absolute Gasteiger partial charge is 0.193 e. The van der Waals surface area contributed by atoms with Crippen LogP contribution in [0.25, 0.3) is 4.96 Å².